The van der Waals surface area contributed by atoms with Crippen molar-refractivity contribution in [3.63, 3.8) is 0 Å². The number of amides is 1. The SMILES string of the molecule is CCNC(=NCC(=O)N1CCC(Cc2ccccc2)CC1)NCc1ncc(CC)s1.I. The molecule has 3 rings (SSSR count). The van der Waals surface area contributed by atoms with E-state index in [2.05, 4.69) is 57.9 Å². The molecule has 0 unspecified atom stereocenters. The molecule has 6 nitrogen and oxygen atoms in total. The van der Waals surface area contributed by atoms with Gasteiger partial charge in [0.05, 0.1) is 6.54 Å². The summed E-state index contributed by atoms with van der Waals surface area (Å²) in [5.41, 5.74) is 1.39. The van der Waals surface area contributed by atoms with Gasteiger partial charge in [-0.2, -0.15) is 0 Å². The first-order valence-electron chi connectivity index (χ1n) is 10.9. The number of nitrogens with zero attached hydrogens (tertiary/aromatic N) is 3. The van der Waals surface area contributed by atoms with E-state index in [1.54, 1.807) is 11.3 Å². The van der Waals surface area contributed by atoms with Crippen LogP contribution in [-0.2, 0) is 24.2 Å². The number of likely N-dealkylation sites (tertiary alicyclic amines) is 1. The van der Waals surface area contributed by atoms with Crippen molar-refractivity contribution in [1.82, 2.24) is 20.5 Å². The standard InChI is InChI=1S/C23H33N5OS.HI/c1-3-20-15-25-21(30-20)16-26-23(24-4-2)27-17-22(29)28-12-10-19(11-13-28)14-18-8-6-5-7-9-18;/h5-9,15,19H,3-4,10-14,16-17H2,1-2H3,(H2,24,26,27);1H. The molecule has 0 spiro atoms. The second-order valence-electron chi connectivity index (χ2n) is 7.64. The Morgan fingerprint density at radius 2 is 1.94 bits per heavy atom. The van der Waals surface area contributed by atoms with Gasteiger partial charge in [-0.3, -0.25) is 4.79 Å². The summed E-state index contributed by atoms with van der Waals surface area (Å²) in [6, 6.07) is 10.6. The Bertz CT molecular complexity index is 818. The zero-order chi connectivity index (χ0) is 21.2. The summed E-state index contributed by atoms with van der Waals surface area (Å²) in [5.74, 6) is 1.43. The van der Waals surface area contributed by atoms with Gasteiger partial charge in [0, 0.05) is 30.7 Å². The van der Waals surface area contributed by atoms with Crippen LogP contribution in [0.1, 0.15) is 42.1 Å². The fourth-order valence-corrected chi connectivity index (χ4v) is 4.48. The zero-order valence-electron chi connectivity index (χ0n) is 18.5. The van der Waals surface area contributed by atoms with Crippen LogP contribution in [0.4, 0.5) is 0 Å². The molecule has 0 radical (unpaired) electrons. The molecular formula is C23H34IN5OS. The van der Waals surface area contributed by atoms with Crippen LogP contribution >= 0.6 is 35.3 Å². The Morgan fingerprint density at radius 3 is 2.58 bits per heavy atom. The molecule has 0 saturated carbocycles. The van der Waals surface area contributed by atoms with E-state index >= 15 is 0 Å². The van der Waals surface area contributed by atoms with Gasteiger partial charge in [-0.25, -0.2) is 9.98 Å². The van der Waals surface area contributed by atoms with Gasteiger partial charge < -0.3 is 15.5 Å². The van der Waals surface area contributed by atoms with Crippen molar-refractivity contribution in [1.29, 1.82) is 0 Å². The van der Waals surface area contributed by atoms with Crippen molar-refractivity contribution in [2.24, 2.45) is 10.9 Å². The van der Waals surface area contributed by atoms with E-state index < -0.39 is 0 Å². The van der Waals surface area contributed by atoms with Crippen LogP contribution in [0.3, 0.4) is 0 Å². The Hall–Kier alpha value is -1.68. The highest BCUT2D eigenvalue weighted by Gasteiger charge is 2.22. The largest absolute Gasteiger partial charge is 0.357 e. The molecule has 2 N–H and O–H groups in total. The van der Waals surface area contributed by atoms with E-state index in [1.807, 2.05) is 18.0 Å². The molecule has 8 heteroatoms. The van der Waals surface area contributed by atoms with Crippen LogP contribution < -0.4 is 10.6 Å². The van der Waals surface area contributed by atoms with Crippen molar-refractivity contribution in [2.75, 3.05) is 26.2 Å². The number of benzene rings is 1. The number of carbonyl (C=O) groups excluding carboxylic acids is 1. The fourth-order valence-electron chi connectivity index (χ4n) is 3.67. The topological polar surface area (TPSA) is 69.6 Å². The van der Waals surface area contributed by atoms with Gasteiger partial charge in [0.1, 0.15) is 11.6 Å². The molecule has 1 amide bonds. The summed E-state index contributed by atoms with van der Waals surface area (Å²) in [5, 5.41) is 7.53. The number of hydrogen-bond donors (Lipinski definition) is 2. The first kappa shape index (κ1) is 25.6. The van der Waals surface area contributed by atoms with Gasteiger partial charge in [0.15, 0.2) is 5.96 Å². The second kappa shape index (κ2) is 13.7. The summed E-state index contributed by atoms with van der Waals surface area (Å²) in [6.07, 6.45) is 6.16. The van der Waals surface area contributed by atoms with E-state index in [0.29, 0.717) is 18.4 Å². The van der Waals surface area contributed by atoms with Gasteiger partial charge in [0.25, 0.3) is 0 Å². The lowest BCUT2D eigenvalue weighted by Gasteiger charge is -2.31. The first-order chi connectivity index (χ1) is 14.7. The lowest BCUT2D eigenvalue weighted by molar-refractivity contribution is -0.130. The average Bonchev–Trinajstić information content (AvgIpc) is 3.25. The minimum absolute atomic E-state index is 0. The molecule has 31 heavy (non-hydrogen) atoms. The Morgan fingerprint density at radius 1 is 1.19 bits per heavy atom. The number of carbonyl (C=O) groups is 1. The summed E-state index contributed by atoms with van der Waals surface area (Å²) >= 11 is 1.71. The minimum atomic E-state index is 0. The maximum atomic E-state index is 12.6. The van der Waals surface area contributed by atoms with Crippen LogP contribution in [-0.4, -0.2) is 47.9 Å². The molecule has 1 aliphatic heterocycles. The number of aryl methyl sites for hydroxylation is 1. The second-order valence-corrected chi connectivity index (χ2v) is 8.84. The minimum Gasteiger partial charge on any atom is -0.357 e. The van der Waals surface area contributed by atoms with E-state index in [-0.39, 0.29) is 36.4 Å². The number of thiazole rings is 1. The summed E-state index contributed by atoms with van der Waals surface area (Å²) < 4.78 is 0. The van der Waals surface area contributed by atoms with Crippen molar-refractivity contribution in [3.8, 4) is 0 Å². The predicted molar refractivity (Wildman–Crippen MR) is 139 cm³/mol. The van der Waals surface area contributed by atoms with Gasteiger partial charge in [-0.1, -0.05) is 37.3 Å². The predicted octanol–water partition coefficient (Wildman–Crippen LogP) is 3.86. The highest BCUT2D eigenvalue weighted by Crippen LogP contribution is 2.21. The number of piperidine rings is 1. The quantitative estimate of drug-likeness (QED) is 0.295. The molecule has 170 valence electrons. The third-order valence-electron chi connectivity index (χ3n) is 5.41. The highest BCUT2D eigenvalue weighted by atomic mass is 127. The van der Waals surface area contributed by atoms with E-state index in [9.17, 15) is 4.79 Å². The maximum Gasteiger partial charge on any atom is 0.244 e. The number of halogens is 1. The van der Waals surface area contributed by atoms with Crippen LogP contribution in [0.5, 0.6) is 0 Å². The van der Waals surface area contributed by atoms with E-state index in [4.69, 9.17) is 0 Å². The third-order valence-corrected chi connectivity index (χ3v) is 6.55. The van der Waals surface area contributed by atoms with Crippen LogP contribution in [0.15, 0.2) is 41.5 Å². The number of aromatic nitrogens is 1. The Labute approximate surface area is 207 Å². The number of nitrogens with one attached hydrogen (secondary N) is 2. The third kappa shape index (κ3) is 8.40. The fraction of sp³-hybridized carbons (Fsp3) is 0.522. The van der Waals surface area contributed by atoms with Gasteiger partial charge in [0.2, 0.25) is 5.91 Å². The molecule has 2 aromatic rings. The average molecular weight is 556 g/mol. The van der Waals surface area contributed by atoms with Crippen LogP contribution in [0.2, 0.25) is 0 Å². The molecule has 1 aromatic carbocycles. The maximum absolute atomic E-state index is 12.6. The molecule has 1 aromatic heterocycles. The highest BCUT2D eigenvalue weighted by molar-refractivity contribution is 14.0. The number of guanidine groups is 1. The molecule has 2 heterocycles. The van der Waals surface area contributed by atoms with Gasteiger partial charge in [-0.15, -0.1) is 35.3 Å². The van der Waals surface area contributed by atoms with Crippen LogP contribution in [0.25, 0.3) is 0 Å². The molecule has 0 aliphatic carbocycles. The smallest absolute Gasteiger partial charge is 0.244 e. The Balaban J connectivity index is 0.00000341. The molecular weight excluding hydrogens is 521 g/mol. The van der Waals surface area contributed by atoms with Gasteiger partial charge in [-0.05, 0) is 44.1 Å². The molecule has 1 fully saturated rings. The van der Waals surface area contributed by atoms with E-state index in [0.717, 1.165) is 50.3 Å². The molecule has 0 atom stereocenters. The molecule has 1 aliphatic rings. The lowest BCUT2D eigenvalue weighted by atomic mass is 9.90. The monoisotopic (exact) mass is 555 g/mol. The van der Waals surface area contributed by atoms with Crippen molar-refractivity contribution >= 4 is 47.2 Å². The summed E-state index contributed by atoms with van der Waals surface area (Å²) in [7, 11) is 0. The summed E-state index contributed by atoms with van der Waals surface area (Å²) in [6.45, 7) is 7.36. The zero-order valence-corrected chi connectivity index (χ0v) is 21.6. The first-order valence-corrected chi connectivity index (χ1v) is 11.8. The summed E-state index contributed by atoms with van der Waals surface area (Å²) in [4.78, 5) is 24.8. The van der Waals surface area contributed by atoms with Crippen molar-refractivity contribution < 1.29 is 4.79 Å². The van der Waals surface area contributed by atoms with Crippen molar-refractivity contribution in [3.05, 3.63) is 52.0 Å². The number of rotatable bonds is 8. The molecule has 0 bridgehead atoms. The molecule has 1 saturated heterocycles. The normalized spacial score (nSPS) is 14.8. The van der Waals surface area contributed by atoms with Gasteiger partial charge >= 0.3 is 0 Å². The lowest BCUT2D eigenvalue weighted by Crippen LogP contribution is -2.41. The number of aliphatic imine (C=N–C) groups is 1. The Kier molecular flexibility index (Phi) is 11.3. The number of hydrogen-bond acceptors (Lipinski definition) is 4. The van der Waals surface area contributed by atoms with E-state index in [1.165, 1.54) is 10.4 Å². The van der Waals surface area contributed by atoms with Crippen molar-refractivity contribution in [2.45, 2.75) is 46.1 Å². The van der Waals surface area contributed by atoms with Crippen LogP contribution in [0, 0.1) is 5.92 Å².